The number of para-hydroxylation sites is 2. The summed E-state index contributed by atoms with van der Waals surface area (Å²) in [5.74, 6) is 1.82. The van der Waals surface area contributed by atoms with Crippen molar-refractivity contribution in [1.29, 1.82) is 0 Å². The smallest absolute Gasteiger partial charge is 0.164 e. The van der Waals surface area contributed by atoms with Gasteiger partial charge < -0.3 is 8.83 Å². The maximum Gasteiger partial charge on any atom is 0.164 e. The SMILES string of the molecule is c1ccc(-c2nc(-c3cccc(-c4cccc(-c5ccc(-c6ccc7oc8ccccc8c7c6)cc5)c4)c3)nc(-c3cccc4oc5ccccc5c34)n2)cc1. The zero-order valence-electron chi connectivity index (χ0n) is 30.1. The third kappa shape index (κ3) is 5.53. The van der Waals surface area contributed by atoms with Gasteiger partial charge in [0.1, 0.15) is 22.3 Å². The molecule has 56 heavy (non-hydrogen) atoms. The highest BCUT2D eigenvalue weighted by atomic mass is 16.3. The van der Waals surface area contributed by atoms with Crippen molar-refractivity contribution < 1.29 is 8.83 Å². The number of fused-ring (bicyclic) bond motifs is 6. The standard InChI is InChI=1S/C51H31N3O2/c1-2-11-34(12-3-1)49-52-50(54-51(53-49)42-19-10-22-47-48(42)41-18-5-7-21-45(41)56-47)39-16-9-15-37(30-39)36-14-8-13-35(29-36)32-23-25-33(26-24-32)38-27-28-46-43(31-38)40-17-4-6-20-44(40)55-46/h1-31H. The molecule has 0 unspecified atom stereocenters. The quantitative estimate of drug-likeness (QED) is 0.171. The molecular formula is C51H31N3O2. The van der Waals surface area contributed by atoms with Crippen LogP contribution < -0.4 is 0 Å². The number of hydrogen-bond donors (Lipinski definition) is 0. The predicted molar refractivity (Wildman–Crippen MR) is 227 cm³/mol. The van der Waals surface area contributed by atoms with Crippen LogP contribution in [0.4, 0.5) is 0 Å². The van der Waals surface area contributed by atoms with Crippen LogP contribution >= 0.6 is 0 Å². The Kier molecular flexibility index (Phi) is 7.42. The molecule has 3 aromatic heterocycles. The summed E-state index contributed by atoms with van der Waals surface area (Å²) in [7, 11) is 0. The molecule has 0 bridgehead atoms. The van der Waals surface area contributed by atoms with Gasteiger partial charge in [-0.25, -0.2) is 15.0 Å². The molecular weight excluding hydrogens is 687 g/mol. The fourth-order valence-corrected chi connectivity index (χ4v) is 7.78. The molecule has 11 rings (SSSR count). The van der Waals surface area contributed by atoms with Crippen molar-refractivity contribution in [2.45, 2.75) is 0 Å². The summed E-state index contributed by atoms with van der Waals surface area (Å²) in [6, 6.07) is 64.8. The Hall–Kier alpha value is -7.63. The van der Waals surface area contributed by atoms with Crippen LogP contribution in [0.25, 0.3) is 111 Å². The Balaban J connectivity index is 0.955. The molecule has 5 heteroatoms. The Morgan fingerprint density at radius 2 is 0.732 bits per heavy atom. The lowest BCUT2D eigenvalue weighted by Gasteiger charge is -2.11. The first-order valence-corrected chi connectivity index (χ1v) is 18.7. The van der Waals surface area contributed by atoms with Crippen LogP contribution in [0.2, 0.25) is 0 Å². The van der Waals surface area contributed by atoms with Crippen molar-refractivity contribution in [2.24, 2.45) is 0 Å². The van der Waals surface area contributed by atoms with Crippen molar-refractivity contribution >= 4 is 43.9 Å². The maximum absolute atomic E-state index is 6.23. The van der Waals surface area contributed by atoms with E-state index in [1.807, 2.05) is 72.8 Å². The van der Waals surface area contributed by atoms with Crippen molar-refractivity contribution in [3.63, 3.8) is 0 Å². The summed E-state index contributed by atoms with van der Waals surface area (Å²) in [5, 5.41) is 4.29. The van der Waals surface area contributed by atoms with Crippen LogP contribution in [0.3, 0.4) is 0 Å². The highest BCUT2D eigenvalue weighted by Gasteiger charge is 2.18. The Bertz CT molecular complexity index is 3250. The predicted octanol–water partition coefficient (Wildman–Crippen LogP) is 13.7. The average Bonchev–Trinajstić information content (AvgIpc) is 3.85. The van der Waals surface area contributed by atoms with Crippen molar-refractivity contribution in [3.8, 4) is 67.5 Å². The van der Waals surface area contributed by atoms with E-state index in [1.54, 1.807) is 0 Å². The summed E-state index contributed by atoms with van der Waals surface area (Å²) in [6.07, 6.45) is 0. The summed E-state index contributed by atoms with van der Waals surface area (Å²) in [5.41, 5.74) is 13.0. The summed E-state index contributed by atoms with van der Waals surface area (Å²) in [6.45, 7) is 0. The molecule has 0 atom stereocenters. The number of aromatic nitrogens is 3. The van der Waals surface area contributed by atoms with E-state index in [0.29, 0.717) is 17.5 Å². The van der Waals surface area contributed by atoms with Crippen molar-refractivity contribution in [3.05, 3.63) is 188 Å². The monoisotopic (exact) mass is 717 g/mol. The molecule has 0 amide bonds. The lowest BCUT2D eigenvalue weighted by atomic mass is 9.96. The average molecular weight is 718 g/mol. The summed E-state index contributed by atoms with van der Waals surface area (Å²) in [4.78, 5) is 15.2. The van der Waals surface area contributed by atoms with Crippen LogP contribution in [0, 0.1) is 0 Å². The minimum absolute atomic E-state index is 0.597. The molecule has 0 spiro atoms. The first-order valence-electron chi connectivity index (χ1n) is 18.7. The minimum Gasteiger partial charge on any atom is -0.456 e. The second kappa shape index (κ2) is 13.0. The van der Waals surface area contributed by atoms with Gasteiger partial charge in [0.05, 0.1) is 0 Å². The van der Waals surface area contributed by atoms with Gasteiger partial charge >= 0.3 is 0 Å². The van der Waals surface area contributed by atoms with Gasteiger partial charge in [0.25, 0.3) is 0 Å². The number of rotatable bonds is 6. The lowest BCUT2D eigenvalue weighted by Crippen LogP contribution is -2.00. The molecule has 262 valence electrons. The molecule has 0 fully saturated rings. The van der Waals surface area contributed by atoms with Crippen LogP contribution in [0.5, 0.6) is 0 Å². The largest absolute Gasteiger partial charge is 0.456 e. The molecule has 0 N–H and O–H groups in total. The van der Waals surface area contributed by atoms with Gasteiger partial charge in [-0.15, -0.1) is 0 Å². The minimum atomic E-state index is 0.597. The van der Waals surface area contributed by atoms with Gasteiger partial charge in [-0.3, -0.25) is 0 Å². The zero-order chi connectivity index (χ0) is 37.0. The molecule has 0 saturated heterocycles. The van der Waals surface area contributed by atoms with Gasteiger partial charge in [-0.1, -0.05) is 146 Å². The van der Waals surface area contributed by atoms with Gasteiger partial charge in [0.2, 0.25) is 0 Å². The Morgan fingerprint density at radius 3 is 1.48 bits per heavy atom. The highest BCUT2D eigenvalue weighted by Crippen LogP contribution is 2.38. The fourth-order valence-electron chi connectivity index (χ4n) is 7.78. The van der Waals surface area contributed by atoms with E-state index in [2.05, 4.69) is 115 Å². The molecule has 0 aliphatic rings. The van der Waals surface area contributed by atoms with E-state index in [9.17, 15) is 0 Å². The maximum atomic E-state index is 6.23. The Labute approximate surface area is 322 Å². The van der Waals surface area contributed by atoms with E-state index in [0.717, 1.165) is 93.9 Å². The Morgan fingerprint density at radius 1 is 0.268 bits per heavy atom. The van der Waals surface area contributed by atoms with E-state index >= 15 is 0 Å². The molecule has 0 saturated carbocycles. The van der Waals surface area contributed by atoms with E-state index in [-0.39, 0.29) is 0 Å². The van der Waals surface area contributed by atoms with Crippen molar-refractivity contribution in [1.82, 2.24) is 15.0 Å². The van der Waals surface area contributed by atoms with E-state index in [1.165, 1.54) is 0 Å². The second-order valence-electron chi connectivity index (χ2n) is 14.0. The van der Waals surface area contributed by atoms with E-state index < -0.39 is 0 Å². The van der Waals surface area contributed by atoms with Crippen LogP contribution in [-0.2, 0) is 0 Å². The first-order chi connectivity index (χ1) is 27.7. The van der Waals surface area contributed by atoms with Crippen LogP contribution in [-0.4, -0.2) is 15.0 Å². The third-order valence-corrected chi connectivity index (χ3v) is 10.6. The van der Waals surface area contributed by atoms with Gasteiger partial charge in [0, 0.05) is 38.2 Å². The van der Waals surface area contributed by atoms with Gasteiger partial charge in [-0.05, 0) is 75.8 Å². The molecule has 8 aromatic carbocycles. The molecule has 0 aliphatic carbocycles. The summed E-state index contributed by atoms with van der Waals surface area (Å²) < 4.78 is 12.3. The molecule has 0 aliphatic heterocycles. The molecule has 0 radical (unpaired) electrons. The number of benzene rings is 8. The number of furan rings is 2. The van der Waals surface area contributed by atoms with Gasteiger partial charge in [0.15, 0.2) is 17.5 Å². The highest BCUT2D eigenvalue weighted by molar-refractivity contribution is 6.12. The fraction of sp³-hybridized carbons (Fsp3) is 0. The molecule has 11 aromatic rings. The topological polar surface area (TPSA) is 65.0 Å². The number of hydrogen-bond acceptors (Lipinski definition) is 5. The first kappa shape index (κ1) is 31.9. The number of nitrogens with zero attached hydrogens (tertiary/aromatic N) is 3. The lowest BCUT2D eigenvalue weighted by molar-refractivity contribution is 0.668. The van der Waals surface area contributed by atoms with E-state index in [4.69, 9.17) is 23.8 Å². The van der Waals surface area contributed by atoms with Crippen molar-refractivity contribution in [2.75, 3.05) is 0 Å². The normalized spacial score (nSPS) is 11.6. The second-order valence-corrected chi connectivity index (χ2v) is 14.0. The van der Waals surface area contributed by atoms with Crippen LogP contribution in [0.1, 0.15) is 0 Å². The zero-order valence-corrected chi connectivity index (χ0v) is 30.1. The van der Waals surface area contributed by atoms with Gasteiger partial charge in [-0.2, -0.15) is 0 Å². The summed E-state index contributed by atoms with van der Waals surface area (Å²) >= 11 is 0. The molecule has 5 nitrogen and oxygen atoms in total. The van der Waals surface area contributed by atoms with Crippen LogP contribution in [0.15, 0.2) is 197 Å². The molecule has 3 heterocycles. The third-order valence-electron chi connectivity index (χ3n) is 10.6.